The summed E-state index contributed by atoms with van der Waals surface area (Å²) in [6, 6.07) is 7.85. The van der Waals surface area contributed by atoms with E-state index < -0.39 is 0 Å². The maximum atomic E-state index is 6.11. The van der Waals surface area contributed by atoms with Crippen molar-refractivity contribution in [2.75, 3.05) is 12.4 Å². The lowest BCUT2D eigenvalue weighted by atomic mass is 10.1. The highest BCUT2D eigenvalue weighted by atomic mass is 35.5. The Morgan fingerprint density at radius 3 is 2.75 bits per heavy atom. The molecule has 3 nitrogen and oxygen atoms in total. The van der Waals surface area contributed by atoms with Gasteiger partial charge in [0, 0.05) is 24.2 Å². The Morgan fingerprint density at radius 1 is 1.38 bits per heavy atom. The van der Waals surface area contributed by atoms with Gasteiger partial charge in [0.25, 0.3) is 0 Å². The van der Waals surface area contributed by atoms with E-state index in [4.69, 9.17) is 11.6 Å². The standard InChI is InChI=1S/C12H14ClN3/c1-8-11(16-12(14-2)15-8)7-9-5-3-4-6-10(9)13/h3-6H,7H2,1-2H3,(H2,14,15,16). The maximum Gasteiger partial charge on any atom is 0.200 e. The van der Waals surface area contributed by atoms with Gasteiger partial charge in [-0.25, -0.2) is 4.98 Å². The zero-order chi connectivity index (χ0) is 11.5. The van der Waals surface area contributed by atoms with Gasteiger partial charge in [0.05, 0.1) is 5.69 Å². The quantitative estimate of drug-likeness (QED) is 0.859. The monoisotopic (exact) mass is 235 g/mol. The smallest absolute Gasteiger partial charge is 0.200 e. The Balaban J connectivity index is 2.27. The normalized spacial score (nSPS) is 10.4. The summed E-state index contributed by atoms with van der Waals surface area (Å²) in [6.45, 7) is 2.01. The van der Waals surface area contributed by atoms with Gasteiger partial charge in [-0.15, -0.1) is 0 Å². The minimum absolute atomic E-state index is 0.754. The van der Waals surface area contributed by atoms with Gasteiger partial charge in [-0.2, -0.15) is 0 Å². The number of H-pyrrole nitrogens is 1. The minimum Gasteiger partial charge on any atom is -0.359 e. The first-order chi connectivity index (χ1) is 7.70. The van der Waals surface area contributed by atoms with E-state index in [2.05, 4.69) is 15.3 Å². The molecule has 84 valence electrons. The van der Waals surface area contributed by atoms with Crippen molar-refractivity contribution >= 4 is 17.5 Å². The Labute approximate surface area is 99.9 Å². The maximum absolute atomic E-state index is 6.11. The molecule has 1 aromatic carbocycles. The molecule has 0 atom stereocenters. The SMILES string of the molecule is CNc1nc(Cc2ccccc2Cl)c(C)[nH]1. The number of hydrogen-bond donors (Lipinski definition) is 2. The van der Waals surface area contributed by atoms with Gasteiger partial charge in [0.2, 0.25) is 0 Å². The van der Waals surface area contributed by atoms with Crippen LogP contribution in [0.25, 0.3) is 0 Å². The van der Waals surface area contributed by atoms with Crippen LogP contribution in [0.2, 0.25) is 5.02 Å². The van der Waals surface area contributed by atoms with Crippen molar-refractivity contribution in [1.82, 2.24) is 9.97 Å². The van der Waals surface area contributed by atoms with Crippen LogP contribution in [0.5, 0.6) is 0 Å². The van der Waals surface area contributed by atoms with Crippen molar-refractivity contribution in [2.24, 2.45) is 0 Å². The van der Waals surface area contributed by atoms with Crippen LogP contribution < -0.4 is 5.32 Å². The molecule has 0 saturated heterocycles. The van der Waals surface area contributed by atoms with E-state index in [1.54, 1.807) is 0 Å². The summed E-state index contributed by atoms with van der Waals surface area (Å²) in [5.41, 5.74) is 3.20. The zero-order valence-corrected chi connectivity index (χ0v) is 10.1. The molecule has 2 rings (SSSR count). The highest BCUT2D eigenvalue weighted by Crippen LogP contribution is 2.20. The number of halogens is 1. The van der Waals surface area contributed by atoms with Crippen LogP contribution in [0.3, 0.4) is 0 Å². The van der Waals surface area contributed by atoms with E-state index in [9.17, 15) is 0 Å². The molecule has 1 heterocycles. The third-order valence-electron chi connectivity index (χ3n) is 2.54. The number of imidazole rings is 1. The first kappa shape index (κ1) is 11.0. The largest absolute Gasteiger partial charge is 0.359 e. The second kappa shape index (κ2) is 4.58. The van der Waals surface area contributed by atoms with Crippen LogP contribution in [0.4, 0.5) is 5.95 Å². The molecule has 0 fully saturated rings. The third kappa shape index (κ3) is 2.19. The summed E-state index contributed by atoms with van der Waals surface area (Å²) in [7, 11) is 1.84. The van der Waals surface area contributed by atoms with Crippen LogP contribution in [-0.2, 0) is 6.42 Å². The van der Waals surface area contributed by atoms with Crippen LogP contribution in [0, 0.1) is 6.92 Å². The Morgan fingerprint density at radius 2 is 2.12 bits per heavy atom. The Bertz CT molecular complexity index is 491. The second-order valence-corrected chi connectivity index (χ2v) is 4.08. The number of aromatic amines is 1. The molecular weight excluding hydrogens is 222 g/mol. The zero-order valence-electron chi connectivity index (χ0n) is 9.34. The van der Waals surface area contributed by atoms with Gasteiger partial charge in [0.1, 0.15) is 0 Å². The van der Waals surface area contributed by atoms with E-state index in [0.29, 0.717) is 0 Å². The summed E-state index contributed by atoms with van der Waals surface area (Å²) in [5.74, 6) is 0.791. The molecule has 0 aliphatic heterocycles. The van der Waals surface area contributed by atoms with Crippen molar-refractivity contribution in [1.29, 1.82) is 0 Å². The molecule has 2 aromatic rings. The van der Waals surface area contributed by atoms with E-state index >= 15 is 0 Å². The number of rotatable bonds is 3. The molecule has 1 aromatic heterocycles. The number of aryl methyl sites for hydroxylation is 1. The molecule has 16 heavy (non-hydrogen) atoms. The highest BCUT2D eigenvalue weighted by molar-refractivity contribution is 6.31. The van der Waals surface area contributed by atoms with E-state index in [-0.39, 0.29) is 0 Å². The fraction of sp³-hybridized carbons (Fsp3) is 0.250. The number of nitrogens with one attached hydrogen (secondary N) is 2. The molecular formula is C12H14ClN3. The summed E-state index contributed by atoms with van der Waals surface area (Å²) in [6.07, 6.45) is 0.754. The summed E-state index contributed by atoms with van der Waals surface area (Å²) >= 11 is 6.11. The Kier molecular flexibility index (Phi) is 3.15. The summed E-state index contributed by atoms with van der Waals surface area (Å²) in [5, 5.41) is 3.78. The minimum atomic E-state index is 0.754. The van der Waals surface area contributed by atoms with Crippen molar-refractivity contribution in [2.45, 2.75) is 13.3 Å². The lowest BCUT2D eigenvalue weighted by Crippen LogP contribution is -1.93. The fourth-order valence-corrected chi connectivity index (χ4v) is 1.81. The molecule has 0 saturated carbocycles. The van der Waals surface area contributed by atoms with E-state index in [1.807, 2.05) is 38.2 Å². The molecule has 0 aliphatic carbocycles. The lowest BCUT2D eigenvalue weighted by molar-refractivity contribution is 1.08. The van der Waals surface area contributed by atoms with Crippen LogP contribution in [0.15, 0.2) is 24.3 Å². The van der Waals surface area contributed by atoms with Gasteiger partial charge in [-0.1, -0.05) is 29.8 Å². The number of nitrogens with zero attached hydrogens (tertiary/aromatic N) is 1. The van der Waals surface area contributed by atoms with Crippen molar-refractivity contribution in [3.63, 3.8) is 0 Å². The average molecular weight is 236 g/mol. The second-order valence-electron chi connectivity index (χ2n) is 3.68. The van der Waals surface area contributed by atoms with Crippen LogP contribution >= 0.6 is 11.6 Å². The summed E-state index contributed by atoms with van der Waals surface area (Å²) in [4.78, 5) is 7.61. The summed E-state index contributed by atoms with van der Waals surface area (Å²) < 4.78 is 0. The van der Waals surface area contributed by atoms with E-state index in [0.717, 1.165) is 34.3 Å². The molecule has 0 aliphatic rings. The van der Waals surface area contributed by atoms with Gasteiger partial charge >= 0.3 is 0 Å². The van der Waals surface area contributed by atoms with Gasteiger partial charge < -0.3 is 10.3 Å². The molecule has 0 unspecified atom stereocenters. The first-order valence-electron chi connectivity index (χ1n) is 5.17. The topological polar surface area (TPSA) is 40.7 Å². The molecule has 0 radical (unpaired) electrons. The van der Waals surface area contributed by atoms with Crippen LogP contribution in [0.1, 0.15) is 17.0 Å². The van der Waals surface area contributed by atoms with Crippen molar-refractivity contribution in [3.8, 4) is 0 Å². The van der Waals surface area contributed by atoms with Crippen molar-refractivity contribution in [3.05, 3.63) is 46.2 Å². The number of anilines is 1. The molecule has 0 bridgehead atoms. The van der Waals surface area contributed by atoms with E-state index in [1.165, 1.54) is 0 Å². The number of benzene rings is 1. The average Bonchev–Trinajstić information content (AvgIpc) is 2.63. The lowest BCUT2D eigenvalue weighted by Gasteiger charge is -2.01. The number of hydrogen-bond acceptors (Lipinski definition) is 2. The van der Waals surface area contributed by atoms with Gasteiger partial charge in [-0.3, -0.25) is 0 Å². The fourth-order valence-electron chi connectivity index (χ4n) is 1.61. The molecule has 0 amide bonds. The number of aromatic nitrogens is 2. The highest BCUT2D eigenvalue weighted by Gasteiger charge is 2.08. The van der Waals surface area contributed by atoms with Gasteiger partial charge in [0.15, 0.2) is 5.95 Å². The predicted octanol–water partition coefficient (Wildman–Crippen LogP) is 3.00. The first-order valence-corrected chi connectivity index (χ1v) is 5.55. The van der Waals surface area contributed by atoms with Crippen molar-refractivity contribution < 1.29 is 0 Å². The Hall–Kier alpha value is -1.48. The predicted molar refractivity (Wildman–Crippen MR) is 67.1 cm³/mol. The molecule has 0 spiro atoms. The third-order valence-corrected chi connectivity index (χ3v) is 2.91. The van der Waals surface area contributed by atoms with Crippen LogP contribution in [-0.4, -0.2) is 17.0 Å². The molecule has 2 N–H and O–H groups in total. The molecule has 4 heteroatoms. The van der Waals surface area contributed by atoms with Gasteiger partial charge in [-0.05, 0) is 18.6 Å².